The molecule has 15 heteroatoms. The first-order valence-corrected chi connectivity index (χ1v) is 15.7. The summed E-state index contributed by atoms with van der Waals surface area (Å²) in [6.45, 7) is -1.20. The minimum absolute atomic E-state index is 0.0332. The SMILES string of the molecule is [N-]=[N+]=NCC(=O)Oc1cc(OC(=O)CCC/C=C\C[C@@H]2[C@@H](CC[C@@H](O)CCc3ccccc3)[C@H](O)C[C@@H]2O)cc(OC(=O)CN=[N+]=[N-])c1. The number of allylic oxidation sites excluding steroid dienone is 2. The number of carbonyl (C=O) groups excluding carboxylic acids is 3. The van der Waals surface area contributed by atoms with Crippen molar-refractivity contribution < 1.29 is 43.9 Å². The van der Waals surface area contributed by atoms with Crippen molar-refractivity contribution in [3.63, 3.8) is 0 Å². The Kier molecular flexibility index (Phi) is 15.9. The number of azide groups is 2. The van der Waals surface area contributed by atoms with Gasteiger partial charge in [-0.3, -0.25) is 14.4 Å². The molecule has 1 fully saturated rings. The Morgan fingerprint density at radius 3 is 1.98 bits per heavy atom. The summed E-state index contributed by atoms with van der Waals surface area (Å²) in [4.78, 5) is 41.2. The molecule has 3 rings (SSSR count). The van der Waals surface area contributed by atoms with E-state index in [2.05, 4.69) is 20.1 Å². The molecule has 3 N–H and O–H groups in total. The van der Waals surface area contributed by atoms with Crippen molar-refractivity contribution in [2.75, 3.05) is 13.1 Å². The molecule has 1 aliphatic rings. The van der Waals surface area contributed by atoms with E-state index in [9.17, 15) is 29.7 Å². The Labute approximate surface area is 277 Å². The van der Waals surface area contributed by atoms with E-state index in [0.717, 1.165) is 12.0 Å². The number of benzene rings is 2. The Morgan fingerprint density at radius 1 is 0.833 bits per heavy atom. The number of ether oxygens (including phenoxy) is 3. The fourth-order valence-electron chi connectivity index (χ4n) is 5.56. The molecule has 0 amide bonds. The maximum atomic E-state index is 12.5. The van der Waals surface area contributed by atoms with Crippen LogP contribution in [0.25, 0.3) is 20.9 Å². The van der Waals surface area contributed by atoms with Gasteiger partial charge in [-0.25, -0.2) is 0 Å². The van der Waals surface area contributed by atoms with Gasteiger partial charge in [0, 0.05) is 34.4 Å². The molecule has 5 atom stereocenters. The molecule has 15 nitrogen and oxygen atoms in total. The van der Waals surface area contributed by atoms with Crippen LogP contribution in [0.3, 0.4) is 0 Å². The molecule has 0 bridgehead atoms. The summed E-state index contributed by atoms with van der Waals surface area (Å²) in [5.41, 5.74) is 17.9. The zero-order chi connectivity index (χ0) is 34.7. The van der Waals surface area contributed by atoms with Gasteiger partial charge in [-0.05, 0) is 79.8 Å². The first-order chi connectivity index (χ1) is 23.2. The van der Waals surface area contributed by atoms with E-state index in [1.165, 1.54) is 18.2 Å². The summed E-state index contributed by atoms with van der Waals surface area (Å²) in [7, 11) is 0. The van der Waals surface area contributed by atoms with Crippen molar-refractivity contribution >= 4 is 17.9 Å². The summed E-state index contributed by atoms with van der Waals surface area (Å²) >= 11 is 0. The fraction of sp³-hybridized carbons (Fsp3) is 0.485. The molecule has 1 aliphatic carbocycles. The van der Waals surface area contributed by atoms with Gasteiger partial charge in [0.1, 0.15) is 30.3 Å². The van der Waals surface area contributed by atoms with Crippen molar-refractivity contribution in [2.45, 2.75) is 76.1 Å². The molecule has 0 spiro atoms. The zero-order valence-corrected chi connectivity index (χ0v) is 26.4. The van der Waals surface area contributed by atoms with E-state index in [0.29, 0.717) is 44.9 Å². The highest BCUT2D eigenvalue weighted by atomic mass is 16.6. The van der Waals surface area contributed by atoms with Crippen LogP contribution in [0.2, 0.25) is 0 Å². The smallest absolute Gasteiger partial charge is 0.317 e. The number of carbonyl (C=O) groups is 3. The van der Waals surface area contributed by atoms with Gasteiger partial charge in [0.2, 0.25) is 0 Å². The molecule has 0 radical (unpaired) electrons. The summed E-state index contributed by atoms with van der Waals surface area (Å²) in [6.07, 6.45) is 6.53. The van der Waals surface area contributed by atoms with Crippen LogP contribution in [0, 0.1) is 11.8 Å². The number of hydrogen-bond donors (Lipinski definition) is 3. The molecule has 0 aliphatic heterocycles. The maximum Gasteiger partial charge on any atom is 0.317 e. The van der Waals surface area contributed by atoms with Crippen LogP contribution >= 0.6 is 0 Å². The standard InChI is InChI=1S/C33H40N6O9/c34-38-36-20-32(44)47-25-16-24(17-26(18-25)48-33(45)21-37-39-35)46-31(43)11-7-2-1-6-10-27-28(30(42)19-29(27)41)15-14-23(40)13-12-22-8-4-3-5-9-22/h1,3-6,8-9,16-18,23,27-30,40-42H,2,7,10-15,19-21H2/b6-1-/t23-,27+,28+,29-,30+/m0/s1. The third kappa shape index (κ3) is 13.4. The van der Waals surface area contributed by atoms with Crippen LogP contribution in [-0.2, 0) is 20.8 Å². The minimum Gasteiger partial charge on any atom is -0.426 e. The number of rotatable bonds is 19. The van der Waals surface area contributed by atoms with E-state index >= 15 is 0 Å². The van der Waals surface area contributed by atoms with Gasteiger partial charge in [0.25, 0.3) is 0 Å². The van der Waals surface area contributed by atoms with Gasteiger partial charge in [-0.1, -0.05) is 52.7 Å². The Hall–Kier alpha value is -4.91. The number of nitrogens with zero attached hydrogens (tertiary/aromatic N) is 6. The lowest BCUT2D eigenvalue weighted by atomic mass is 9.85. The highest BCUT2D eigenvalue weighted by molar-refractivity contribution is 5.77. The molecular formula is C33H40N6O9. The van der Waals surface area contributed by atoms with Crippen LogP contribution in [0.1, 0.15) is 56.9 Å². The number of aliphatic hydroxyl groups is 3. The number of hydrogen-bond acceptors (Lipinski definition) is 11. The van der Waals surface area contributed by atoms with Crippen molar-refractivity contribution in [1.29, 1.82) is 0 Å². The molecule has 0 unspecified atom stereocenters. The summed E-state index contributed by atoms with van der Waals surface area (Å²) in [5, 5.41) is 37.9. The molecule has 48 heavy (non-hydrogen) atoms. The average Bonchev–Trinajstić information content (AvgIpc) is 3.33. The van der Waals surface area contributed by atoms with E-state index in [1.807, 2.05) is 42.5 Å². The predicted octanol–water partition coefficient (Wildman–Crippen LogP) is 5.27. The first-order valence-electron chi connectivity index (χ1n) is 15.7. The van der Waals surface area contributed by atoms with Gasteiger partial charge in [-0.15, -0.1) is 0 Å². The third-order valence-corrected chi connectivity index (χ3v) is 7.86. The van der Waals surface area contributed by atoms with Crippen LogP contribution in [0.15, 0.2) is 70.9 Å². The first kappa shape index (κ1) is 37.5. The van der Waals surface area contributed by atoms with Crippen molar-refractivity contribution in [3.8, 4) is 17.2 Å². The molecule has 0 saturated heterocycles. The van der Waals surface area contributed by atoms with Crippen molar-refractivity contribution in [1.82, 2.24) is 0 Å². The molecule has 256 valence electrons. The highest BCUT2D eigenvalue weighted by Crippen LogP contribution is 2.38. The van der Waals surface area contributed by atoms with Gasteiger partial charge in [0.15, 0.2) is 0 Å². The van der Waals surface area contributed by atoms with E-state index in [-0.39, 0.29) is 35.5 Å². The normalized spacial score (nSPS) is 19.1. The quantitative estimate of drug-likeness (QED) is 0.0336. The zero-order valence-electron chi connectivity index (χ0n) is 26.4. The van der Waals surface area contributed by atoms with E-state index in [1.54, 1.807) is 0 Å². The van der Waals surface area contributed by atoms with Gasteiger partial charge < -0.3 is 29.5 Å². The second kappa shape index (κ2) is 20.4. The second-order valence-corrected chi connectivity index (χ2v) is 11.4. The van der Waals surface area contributed by atoms with Crippen LogP contribution in [-0.4, -0.2) is 64.6 Å². The van der Waals surface area contributed by atoms with Crippen LogP contribution < -0.4 is 14.2 Å². The second-order valence-electron chi connectivity index (χ2n) is 11.4. The summed E-state index contributed by atoms with van der Waals surface area (Å²) in [6, 6.07) is 13.6. The molecule has 1 saturated carbocycles. The molecule has 0 aromatic heterocycles. The van der Waals surface area contributed by atoms with Crippen LogP contribution in [0.4, 0.5) is 0 Å². The summed E-state index contributed by atoms with van der Waals surface area (Å²) in [5.74, 6) is -3.05. The monoisotopic (exact) mass is 664 g/mol. The largest absolute Gasteiger partial charge is 0.426 e. The molecule has 0 heterocycles. The Morgan fingerprint density at radius 2 is 1.40 bits per heavy atom. The Balaban J connectivity index is 1.46. The number of aryl methyl sites for hydroxylation is 1. The fourth-order valence-corrected chi connectivity index (χ4v) is 5.56. The van der Waals surface area contributed by atoms with Gasteiger partial charge in [-0.2, -0.15) is 0 Å². The lowest BCUT2D eigenvalue weighted by molar-refractivity contribution is -0.134. The Bertz CT molecular complexity index is 1440. The number of aliphatic hydroxyl groups excluding tert-OH is 3. The van der Waals surface area contributed by atoms with Crippen LogP contribution in [0.5, 0.6) is 17.2 Å². The van der Waals surface area contributed by atoms with Gasteiger partial charge in [0.05, 0.1) is 18.3 Å². The highest BCUT2D eigenvalue weighted by Gasteiger charge is 2.40. The van der Waals surface area contributed by atoms with E-state index < -0.39 is 49.3 Å². The minimum atomic E-state index is -0.906. The predicted molar refractivity (Wildman–Crippen MR) is 173 cm³/mol. The summed E-state index contributed by atoms with van der Waals surface area (Å²) < 4.78 is 15.5. The third-order valence-electron chi connectivity index (χ3n) is 7.86. The molecule has 2 aromatic carbocycles. The van der Waals surface area contributed by atoms with Crippen molar-refractivity contribution in [2.24, 2.45) is 22.1 Å². The lowest BCUT2D eigenvalue weighted by Crippen LogP contribution is -2.23. The number of esters is 3. The number of unbranched alkanes of at least 4 members (excludes halogenated alkanes) is 1. The molecular weight excluding hydrogens is 624 g/mol. The molecule has 2 aromatic rings. The topological polar surface area (TPSA) is 237 Å². The lowest BCUT2D eigenvalue weighted by Gasteiger charge is -2.23. The maximum absolute atomic E-state index is 12.5. The van der Waals surface area contributed by atoms with E-state index in [4.69, 9.17) is 25.3 Å². The van der Waals surface area contributed by atoms with Crippen molar-refractivity contribution in [3.05, 3.63) is 87.1 Å². The average molecular weight is 665 g/mol. The van der Waals surface area contributed by atoms with Gasteiger partial charge >= 0.3 is 17.9 Å².